The van der Waals surface area contributed by atoms with Crippen molar-refractivity contribution in [1.29, 1.82) is 0 Å². The highest BCUT2D eigenvalue weighted by atomic mass is 127. The first-order valence-electron chi connectivity index (χ1n) is 5.66. The molecule has 0 spiro atoms. The van der Waals surface area contributed by atoms with E-state index in [4.69, 9.17) is 12.3 Å². The van der Waals surface area contributed by atoms with Gasteiger partial charge in [-0.15, -0.1) is 0 Å². The van der Waals surface area contributed by atoms with Crippen LogP contribution in [-0.4, -0.2) is 17.8 Å². The lowest BCUT2D eigenvalue weighted by Crippen LogP contribution is -2.02. The van der Waals surface area contributed by atoms with E-state index in [2.05, 4.69) is 32.6 Å². The van der Waals surface area contributed by atoms with E-state index in [0.29, 0.717) is 17.0 Å². The van der Waals surface area contributed by atoms with Crippen LogP contribution in [-0.2, 0) is 0 Å². The average molecular weight is 358 g/mol. The lowest BCUT2D eigenvalue weighted by Gasteiger charge is -1.99. The number of nitrogens with zero attached hydrogens (tertiary/aromatic N) is 2. The predicted molar refractivity (Wildman–Crippen MR) is 83.3 cm³/mol. The molecule has 0 fully saturated rings. The number of hydrogen-bond donors (Lipinski definition) is 0. The summed E-state index contributed by atoms with van der Waals surface area (Å²) in [5, 5.41) is 0. The van der Waals surface area contributed by atoms with Gasteiger partial charge in [-0.2, -0.15) is 0 Å². The van der Waals surface area contributed by atoms with Crippen molar-refractivity contribution < 1.29 is 4.42 Å². The Morgan fingerprint density at radius 2 is 2.00 bits per heavy atom. The fraction of sp³-hybridized carbons (Fsp3) is 0. The molecule has 3 rings (SSSR count). The van der Waals surface area contributed by atoms with Crippen LogP contribution in [0.25, 0.3) is 22.8 Å². The van der Waals surface area contributed by atoms with Gasteiger partial charge < -0.3 is 4.42 Å². The Morgan fingerprint density at radius 3 is 2.74 bits per heavy atom. The highest BCUT2D eigenvalue weighted by Crippen LogP contribution is 2.23. The van der Waals surface area contributed by atoms with Gasteiger partial charge >= 0.3 is 0 Å². The van der Waals surface area contributed by atoms with E-state index in [-0.39, 0.29) is 0 Å². The molecule has 0 atom stereocenters. The van der Waals surface area contributed by atoms with E-state index in [1.807, 2.05) is 36.4 Å². The Labute approximate surface area is 125 Å². The molecule has 0 saturated carbocycles. The summed E-state index contributed by atoms with van der Waals surface area (Å²) < 4.78 is 6.55. The summed E-state index contributed by atoms with van der Waals surface area (Å²) in [4.78, 5) is 8.69. The highest BCUT2D eigenvalue weighted by Gasteiger charge is 2.09. The predicted octanol–water partition coefficient (Wildman–Crippen LogP) is 2.80. The number of pyridine rings is 1. The summed E-state index contributed by atoms with van der Waals surface area (Å²) in [7, 11) is 5.83. The van der Waals surface area contributed by atoms with E-state index in [1.165, 1.54) is 0 Å². The van der Waals surface area contributed by atoms with Gasteiger partial charge in [0.2, 0.25) is 5.89 Å². The summed E-state index contributed by atoms with van der Waals surface area (Å²) in [5.74, 6) is 0.547. The molecular weight excluding hydrogens is 350 g/mol. The van der Waals surface area contributed by atoms with E-state index >= 15 is 0 Å². The summed E-state index contributed by atoms with van der Waals surface area (Å²) in [6.07, 6.45) is 3.33. The van der Waals surface area contributed by atoms with Crippen molar-refractivity contribution in [3.8, 4) is 22.8 Å². The molecule has 0 aliphatic rings. The Bertz CT molecular complexity index is 692. The fourth-order valence-corrected chi connectivity index (χ4v) is 2.47. The zero-order valence-corrected chi connectivity index (χ0v) is 12.0. The second-order valence-electron chi connectivity index (χ2n) is 4.03. The number of hydrogen-bond acceptors (Lipinski definition) is 3. The number of oxazole rings is 1. The molecule has 2 aromatic heterocycles. The zero-order chi connectivity index (χ0) is 13.2. The minimum absolute atomic E-state index is 0.547. The van der Waals surface area contributed by atoms with E-state index in [9.17, 15) is 0 Å². The molecule has 2 radical (unpaired) electrons. The van der Waals surface area contributed by atoms with Gasteiger partial charge in [-0.25, -0.2) is 4.98 Å². The minimum atomic E-state index is 0.547. The van der Waals surface area contributed by atoms with Crippen LogP contribution in [0.1, 0.15) is 0 Å². The van der Waals surface area contributed by atoms with Crippen LogP contribution >= 0.6 is 22.6 Å². The van der Waals surface area contributed by atoms with Gasteiger partial charge in [0.1, 0.15) is 19.8 Å². The Hall–Kier alpha value is -1.63. The average Bonchev–Trinajstić information content (AvgIpc) is 2.88. The van der Waals surface area contributed by atoms with Gasteiger partial charge in [-0.1, -0.05) is 23.7 Å². The third-order valence-electron chi connectivity index (χ3n) is 2.60. The minimum Gasteiger partial charge on any atom is -0.444 e. The van der Waals surface area contributed by atoms with Crippen LogP contribution in [0, 0.1) is 3.57 Å². The maximum Gasteiger partial charge on any atom is 0.226 e. The molecule has 0 N–H and O–H groups in total. The summed E-state index contributed by atoms with van der Waals surface area (Å²) in [6, 6.07) is 11.4. The maximum atomic E-state index is 5.83. The molecule has 19 heavy (non-hydrogen) atoms. The molecule has 0 bridgehead atoms. The smallest absolute Gasteiger partial charge is 0.226 e. The number of aromatic nitrogens is 2. The summed E-state index contributed by atoms with van der Waals surface area (Å²) in [6.45, 7) is 0. The highest BCUT2D eigenvalue weighted by molar-refractivity contribution is 14.1. The van der Waals surface area contributed by atoms with Crippen LogP contribution < -0.4 is 5.46 Å². The van der Waals surface area contributed by atoms with Gasteiger partial charge in [0.15, 0.2) is 0 Å². The molecule has 3 aromatic rings. The van der Waals surface area contributed by atoms with Crippen molar-refractivity contribution in [2.45, 2.75) is 0 Å². The van der Waals surface area contributed by atoms with Crippen LogP contribution in [0.4, 0.5) is 0 Å². The molecule has 0 aliphatic carbocycles. The molecule has 3 nitrogen and oxygen atoms in total. The first kappa shape index (κ1) is 12.4. The number of halogens is 1. The normalized spacial score (nSPS) is 10.6. The maximum absolute atomic E-state index is 5.83. The van der Waals surface area contributed by atoms with Crippen molar-refractivity contribution in [3.63, 3.8) is 0 Å². The van der Waals surface area contributed by atoms with Gasteiger partial charge in [0.05, 0.1) is 5.69 Å². The molecule has 0 unspecified atom stereocenters. The lowest BCUT2D eigenvalue weighted by atomic mass is 9.94. The van der Waals surface area contributed by atoms with Crippen molar-refractivity contribution >= 4 is 35.9 Å². The molecule has 5 heteroatoms. The topological polar surface area (TPSA) is 38.9 Å². The number of rotatable bonds is 2. The van der Waals surface area contributed by atoms with Crippen LogP contribution in [0.2, 0.25) is 0 Å². The Morgan fingerprint density at radius 1 is 1.11 bits per heavy atom. The summed E-state index contributed by atoms with van der Waals surface area (Å²) >= 11 is 2.21. The van der Waals surface area contributed by atoms with Gasteiger partial charge in [0, 0.05) is 15.3 Å². The quantitative estimate of drug-likeness (QED) is 0.523. The van der Waals surface area contributed by atoms with Gasteiger partial charge in [0.25, 0.3) is 0 Å². The van der Waals surface area contributed by atoms with Crippen molar-refractivity contribution in [3.05, 3.63) is 52.4 Å². The number of benzene rings is 1. The second kappa shape index (κ2) is 5.17. The van der Waals surface area contributed by atoms with Crippen molar-refractivity contribution in [1.82, 2.24) is 9.97 Å². The van der Waals surface area contributed by atoms with E-state index in [0.717, 1.165) is 14.8 Å². The summed E-state index contributed by atoms with van der Waals surface area (Å²) in [5.41, 5.74) is 3.06. The Balaban J connectivity index is 2.02. The van der Waals surface area contributed by atoms with E-state index in [1.54, 1.807) is 12.5 Å². The van der Waals surface area contributed by atoms with Gasteiger partial charge in [-0.05, 0) is 40.8 Å². The SMILES string of the molecule is [B]c1cc(I)cc(-c2nc(-c3ccccn3)co2)c1. The lowest BCUT2D eigenvalue weighted by molar-refractivity contribution is 0.575. The molecule has 1 aromatic carbocycles. The standard InChI is InChI=1S/C14H8BIN2O/c15-10-5-9(6-11(16)7-10)14-18-13(8-19-14)12-3-1-2-4-17-12/h1-8H. The second-order valence-corrected chi connectivity index (χ2v) is 5.27. The third-order valence-corrected chi connectivity index (χ3v) is 3.22. The molecule has 0 aliphatic heterocycles. The first-order valence-corrected chi connectivity index (χ1v) is 6.73. The first-order chi connectivity index (χ1) is 9.22. The third kappa shape index (κ3) is 2.70. The van der Waals surface area contributed by atoms with Crippen molar-refractivity contribution in [2.75, 3.05) is 0 Å². The monoisotopic (exact) mass is 358 g/mol. The molecule has 90 valence electrons. The fourth-order valence-electron chi connectivity index (χ4n) is 1.77. The largest absolute Gasteiger partial charge is 0.444 e. The molecule has 2 heterocycles. The molecule has 0 saturated heterocycles. The van der Waals surface area contributed by atoms with Crippen LogP contribution in [0.5, 0.6) is 0 Å². The zero-order valence-electron chi connectivity index (χ0n) is 9.88. The molecular formula is C14H8BIN2O. The van der Waals surface area contributed by atoms with Gasteiger partial charge in [-0.3, -0.25) is 4.98 Å². The van der Waals surface area contributed by atoms with Crippen LogP contribution in [0.3, 0.4) is 0 Å². The van der Waals surface area contributed by atoms with Crippen molar-refractivity contribution in [2.24, 2.45) is 0 Å². The molecule has 0 amide bonds. The Kier molecular flexibility index (Phi) is 3.37. The van der Waals surface area contributed by atoms with E-state index < -0.39 is 0 Å². The van der Waals surface area contributed by atoms with Crippen LogP contribution in [0.15, 0.2) is 53.3 Å².